The lowest BCUT2D eigenvalue weighted by molar-refractivity contribution is -0.157. The number of ether oxygens (including phenoxy) is 4. The highest BCUT2D eigenvalue weighted by Gasteiger charge is 2.35. The zero-order valence-corrected chi connectivity index (χ0v) is 15.1. The van der Waals surface area contributed by atoms with Gasteiger partial charge in [0.15, 0.2) is 5.78 Å². The SMILES string of the molecule is C=CC(=O)COCCC(COC(=O)C=C)(COC(=O)C=C)COC(=O)C=C. The van der Waals surface area contributed by atoms with Gasteiger partial charge < -0.3 is 18.9 Å². The highest BCUT2D eigenvalue weighted by atomic mass is 16.6. The number of hydrogen-bond acceptors (Lipinski definition) is 8. The van der Waals surface area contributed by atoms with Gasteiger partial charge in [0.2, 0.25) is 0 Å². The van der Waals surface area contributed by atoms with Gasteiger partial charge in [-0.15, -0.1) is 0 Å². The summed E-state index contributed by atoms with van der Waals surface area (Å²) in [7, 11) is 0. The minimum Gasteiger partial charge on any atom is -0.462 e. The lowest BCUT2D eigenvalue weighted by atomic mass is 9.87. The minimum atomic E-state index is -1.10. The number of carbonyl (C=O) groups is 4. The molecule has 0 saturated carbocycles. The van der Waals surface area contributed by atoms with Crippen molar-refractivity contribution in [3.05, 3.63) is 50.6 Å². The lowest BCUT2D eigenvalue weighted by Crippen LogP contribution is -2.40. The van der Waals surface area contributed by atoms with Crippen molar-refractivity contribution >= 4 is 23.7 Å². The van der Waals surface area contributed by atoms with Crippen LogP contribution in [0.3, 0.4) is 0 Å². The number of carbonyl (C=O) groups excluding carboxylic acids is 4. The average molecular weight is 380 g/mol. The predicted molar refractivity (Wildman–Crippen MR) is 96.5 cm³/mol. The topological polar surface area (TPSA) is 105 Å². The third-order valence-electron chi connectivity index (χ3n) is 3.31. The van der Waals surface area contributed by atoms with Gasteiger partial charge >= 0.3 is 17.9 Å². The van der Waals surface area contributed by atoms with Crippen LogP contribution >= 0.6 is 0 Å². The van der Waals surface area contributed by atoms with Crippen LogP contribution in [0.5, 0.6) is 0 Å². The van der Waals surface area contributed by atoms with Crippen LogP contribution in [0, 0.1) is 5.41 Å². The van der Waals surface area contributed by atoms with Gasteiger partial charge in [0.1, 0.15) is 26.4 Å². The summed E-state index contributed by atoms with van der Waals surface area (Å²) in [6.45, 7) is 12.3. The molecule has 0 aromatic heterocycles. The van der Waals surface area contributed by atoms with Crippen molar-refractivity contribution in [2.75, 3.05) is 33.0 Å². The third-order valence-corrected chi connectivity index (χ3v) is 3.31. The molecule has 0 unspecified atom stereocenters. The second-order valence-electron chi connectivity index (χ2n) is 5.41. The number of ketones is 1. The second kappa shape index (κ2) is 13.2. The maximum absolute atomic E-state index is 11.4. The Morgan fingerprint density at radius 2 is 1.11 bits per heavy atom. The quantitative estimate of drug-likeness (QED) is 0.181. The van der Waals surface area contributed by atoms with Crippen molar-refractivity contribution in [2.24, 2.45) is 5.41 Å². The van der Waals surface area contributed by atoms with Gasteiger partial charge in [-0.25, -0.2) is 14.4 Å². The van der Waals surface area contributed by atoms with Crippen molar-refractivity contribution in [3.63, 3.8) is 0 Å². The molecule has 0 aromatic rings. The summed E-state index contributed by atoms with van der Waals surface area (Å²) >= 11 is 0. The number of rotatable bonds is 15. The van der Waals surface area contributed by atoms with Crippen molar-refractivity contribution in [2.45, 2.75) is 6.42 Å². The molecular formula is C19H24O8. The van der Waals surface area contributed by atoms with E-state index in [2.05, 4.69) is 26.3 Å². The van der Waals surface area contributed by atoms with Gasteiger partial charge in [-0.2, -0.15) is 0 Å². The predicted octanol–water partition coefficient (Wildman–Crippen LogP) is 1.32. The maximum Gasteiger partial charge on any atom is 0.330 e. The third kappa shape index (κ3) is 10.6. The van der Waals surface area contributed by atoms with Crippen LogP contribution < -0.4 is 0 Å². The van der Waals surface area contributed by atoms with Crippen molar-refractivity contribution in [1.82, 2.24) is 0 Å². The van der Waals surface area contributed by atoms with Crippen LogP contribution in [0.25, 0.3) is 0 Å². The molecule has 0 aromatic carbocycles. The van der Waals surface area contributed by atoms with Crippen LogP contribution in [0.15, 0.2) is 50.6 Å². The van der Waals surface area contributed by atoms with Crippen molar-refractivity contribution in [1.29, 1.82) is 0 Å². The summed E-state index contributed by atoms with van der Waals surface area (Å²) in [6.07, 6.45) is 4.17. The van der Waals surface area contributed by atoms with Crippen molar-refractivity contribution < 1.29 is 38.1 Å². The van der Waals surface area contributed by atoms with E-state index in [9.17, 15) is 19.2 Å². The van der Waals surface area contributed by atoms with Crippen LogP contribution in [0.4, 0.5) is 0 Å². The zero-order chi connectivity index (χ0) is 20.7. The van der Waals surface area contributed by atoms with E-state index in [0.717, 1.165) is 24.3 Å². The summed E-state index contributed by atoms with van der Waals surface area (Å²) in [5.41, 5.74) is -1.10. The number of esters is 3. The monoisotopic (exact) mass is 380 g/mol. The van der Waals surface area contributed by atoms with E-state index in [1.165, 1.54) is 0 Å². The summed E-state index contributed by atoms with van der Waals surface area (Å²) in [5, 5.41) is 0. The average Bonchev–Trinajstić information content (AvgIpc) is 2.70. The molecule has 0 spiro atoms. The lowest BCUT2D eigenvalue weighted by Gasteiger charge is -2.31. The Balaban J connectivity index is 5.23. The molecule has 0 aliphatic rings. The number of hydrogen-bond donors (Lipinski definition) is 0. The first-order valence-electron chi connectivity index (χ1n) is 7.93. The standard InChI is InChI=1S/C19H24O8/c1-5-15(20)11-24-10-9-19(12-25-16(21)6-2,13-26-17(22)7-3)14-27-18(23)8-4/h5-8H,1-4,9-14H2. The Kier molecular flexibility index (Phi) is 11.8. The van der Waals surface area contributed by atoms with Gasteiger partial charge in [0.25, 0.3) is 0 Å². The summed E-state index contributed by atoms with van der Waals surface area (Å²) in [6, 6.07) is 0. The van der Waals surface area contributed by atoms with Gasteiger partial charge in [-0.05, 0) is 12.5 Å². The molecule has 0 fully saturated rings. The zero-order valence-electron chi connectivity index (χ0n) is 15.1. The molecule has 0 aliphatic carbocycles. The summed E-state index contributed by atoms with van der Waals surface area (Å²) < 4.78 is 20.4. The fourth-order valence-electron chi connectivity index (χ4n) is 1.71. The normalized spacial score (nSPS) is 10.2. The van der Waals surface area contributed by atoms with Crippen molar-refractivity contribution in [3.8, 4) is 0 Å². The first-order chi connectivity index (χ1) is 12.8. The Bertz CT molecular complexity index is 531. The molecule has 8 nitrogen and oxygen atoms in total. The molecule has 0 aliphatic heterocycles. The van der Waals surface area contributed by atoms with E-state index < -0.39 is 23.3 Å². The van der Waals surface area contributed by atoms with E-state index in [0.29, 0.717) is 0 Å². The Morgan fingerprint density at radius 1 is 0.704 bits per heavy atom. The van der Waals surface area contributed by atoms with Gasteiger partial charge in [-0.1, -0.05) is 26.3 Å². The van der Waals surface area contributed by atoms with Gasteiger partial charge in [-0.3, -0.25) is 4.79 Å². The Labute approximate surface area is 158 Å². The highest BCUT2D eigenvalue weighted by Crippen LogP contribution is 2.25. The largest absolute Gasteiger partial charge is 0.462 e. The summed E-state index contributed by atoms with van der Waals surface area (Å²) in [5.74, 6) is -2.42. The van der Waals surface area contributed by atoms with Crippen LogP contribution in [0.2, 0.25) is 0 Å². The molecule has 0 radical (unpaired) electrons. The molecular weight excluding hydrogens is 356 g/mol. The first kappa shape index (κ1) is 24.0. The highest BCUT2D eigenvalue weighted by molar-refractivity contribution is 5.90. The Morgan fingerprint density at radius 3 is 1.44 bits per heavy atom. The summed E-state index contributed by atoms with van der Waals surface area (Å²) in [4.78, 5) is 45.5. The Hall–Kier alpha value is -3.00. The molecule has 0 rings (SSSR count). The molecule has 0 bridgehead atoms. The molecule has 8 heteroatoms. The van der Waals surface area contributed by atoms with Crippen LogP contribution in [0.1, 0.15) is 6.42 Å². The second-order valence-corrected chi connectivity index (χ2v) is 5.41. The van der Waals surface area contributed by atoms with E-state index in [1.807, 2.05) is 0 Å². The van der Waals surface area contributed by atoms with Crippen LogP contribution in [-0.2, 0) is 38.1 Å². The van der Waals surface area contributed by atoms with Crippen LogP contribution in [-0.4, -0.2) is 56.7 Å². The maximum atomic E-state index is 11.4. The minimum absolute atomic E-state index is 0.0441. The van der Waals surface area contributed by atoms with Gasteiger partial charge in [0, 0.05) is 24.8 Å². The van der Waals surface area contributed by atoms with E-state index in [4.69, 9.17) is 18.9 Å². The fourth-order valence-corrected chi connectivity index (χ4v) is 1.71. The molecule has 0 amide bonds. The van der Waals surface area contributed by atoms with E-state index in [-0.39, 0.29) is 45.2 Å². The molecule has 27 heavy (non-hydrogen) atoms. The molecule has 148 valence electrons. The van der Waals surface area contributed by atoms with E-state index in [1.54, 1.807) is 0 Å². The molecule has 0 heterocycles. The smallest absolute Gasteiger partial charge is 0.330 e. The van der Waals surface area contributed by atoms with Gasteiger partial charge in [0.05, 0.1) is 5.41 Å². The van der Waals surface area contributed by atoms with E-state index >= 15 is 0 Å². The fraction of sp³-hybridized carbons (Fsp3) is 0.368. The molecule has 0 atom stereocenters. The first-order valence-corrected chi connectivity index (χ1v) is 7.93. The molecule has 0 N–H and O–H groups in total. The molecule has 0 saturated heterocycles.